The highest BCUT2D eigenvalue weighted by Gasteiger charge is 2.62. The quantitative estimate of drug-likeness (QED) is 0.807. The van der Waals surface area contributed by atoms with Crippen molar-refractivity contribution in [3.8, 4) is 0 Å². The van der Waals surface area contributed by atoms with Crippen LogP contribution in [0.3, 0.4) is 0 Å². The van der Waals surface area contributed by atoms with E-state index < -0.39 is 12.7 Å². The Kier molecular flexibility index (Phi) is 3.86. The maximum absolute atomic E-state index is 12.3. The lowest BCUT2D eigenvalue weighted by atomic mass is 9.46. The van der Waals surface area contributed by atoms with Crippen LogP contribution in [0.15, 0.2) is 23.8 Å². The van der Waals surface area contributed by atoms with Crippen LogP contribution in [0.25, 0.3) is 0 Å². The molecule has 2 N–H and O–H groups in total. The zero-order chi connectivity index (χ0) is 18.0. The average molecular weight is 344 g/mol. The molecule has 4 aliphatic carbocycles. The smallest absolute Gasteiger partial charge is 0.178 e. The Balaban J connectivity index is 1.71. The van der Waals surface area contributed by atoms with Gasteiger partial charge in [-0.15, -0.1) is 0 Å². The van der Waals surface area contributed by atoms with Crippen molar-refractivity contribution in [1.29, 1.82) is 0 Å². The van der Waals surface area contributed by atoms with Crippen LogP contribution >= 0.6 is 0 Å². The second-order valence-corrected chi connectivity index (χ2v) is 9.05. The second kappa shape index (κ2) is 5.62. The zero-order valence-electron chi connectivity index (χ0n) is 15.1. The first-order valence-electron chi connectivity index (χ1n) is 9.57. The molecule has 0 aromatic rings. The van der Waals surface area contributed by atoms with Crippen LogP contribution in [0.4, 0.5) is 0 Å². The molecule has 0 radical (unpaired) electrons. The van der Waals surface area contributed by atoms with Gasteiger partial charge in [-0.05, 0) is 61.5 Å². The summed E-state index contributed by atoms with van der Waals surface area (Å²) in [5, 5.41) is 20.5. The maximum atomic E-state index is 12.3. The molecule has 3 fully saturated rings. The molecule has 25 heavy (non-hydrogen) atoms. The Hall–Kier alpha value is -1.26. The topological polar surface area (TPSA) is 74.6 Å². The molecular weight excluding hydrogens is 316 g/mol. The van der Waals surface area contributed by atoms with Crippen LogP contribution in [0.1, 0.15) is 46.0 Å². The Morgan fingerprint density at radius 3 is 2.76 bits per heavy atom. The van der Waals surface area contributed by atoms with Crippen molar-refractivity contribution in [2.24, 2.45) is 34.5 Å². The Bertz CT molecular complexity index is 677. The fraction of sp³-hybridized carbons (Fsp3) is 0.714. The van der Waals surface area contributed by atoms with Gasteiger partial charge in [-0.2, -0.15) is 0 Å². The number of carbonyl (C=O) groups excluding carboxylic acids is 2. The fourth-order valence-electron chi connectivity index (χ4n) is 6.96. The Labute approximate surface area is 149 Å². The maximum Gasteiger partial charge on any atom is 0.178 e. The van der Waals surface area contributed by atoms with Crippen molar-refractivity contribution in [3.63, 3.8) is 0 Å². The first kappa shape index (κ1) is 17.2. The van der Waals surface area contributed by atoms with Gasteiger partial charge >= 0.3 is 0 Å². The third-order valence-corrected chi connectivity index (χ3v) is 8.04. The Morgan fingerprint density at radius 1 is 1.28 bits per heavy atom. The van der Waals surface area contributed by atoms with Gasteiger partial charge in [0.15, 0.2) is 11.6 Å². The van der Waals surface area contributed by atoms with Gasteiger partial charge in [0.25, 0.3) is 0 Å². The summed E-state index contributed by atoms with van der Waals surface area (Å²) in [6.45, 7) is 3.92. The van der Waals surface area contributed by atoms with E-state index in [-0.39, 0.29) is 34.2 Å². The number of ketones is 2. The molecule has 0 saturated heterocycles. The van der Waals surface area contributed by atoms with Gasteiger partial charge in [-0.25, -0.2) is 0 Å². The SMILES string of the molecule is C[C@]12CC(O)[C@H]3[C@@H](CCC4=CC(=O)C=C[C@@]43C)[C@@H]1CC[C@@H]2C(=O)CO. The van der Waals surface area contributed by atoms with E-state index in [0.29, 0.717) is 18.3 Å². The van der Waals surface area contributed by atoms with Crippen LogP contribution in [-0.4, -0.2) is 34.5 Å². The van der Waals surface area contributed by atoms with Gasteiger partial charge < -0.3 is 10.2 Å². The van der Waals surface area contributed by atoms with Crippen molar-refractivity contribution < 1.29 is 19.8 Å². The molecule has 4 rings (SSSR count). The number of hydrogen-bond acceptors (Lipinski definition) is 4. The van der Waals surface area contributed by atoms with Crippen molar-refractivity contribution in [2.75, 3.05) is 6.61 Å². The molecule has 0 amide bonds. The minimum absolute atomic E-state index is 0.0514. The van der Waals surface area contributed by atoms with Gasteiger partial charge in [0.05, 0.1) is 6.10 Å². The van der Waals surface area contributed by atoms with Crippen LogP contribution in [0, 0.1) is 34.5 Å². The molecule has 4 heteroatoms. The molecule has 0 bridgehead atoms. The van der Waals surface area contributed by atoms with Crippen LogP contribution in [0.5, 0.6) is 0 Å². The van der Waals surface area contributed by atoms with Crippen molar-refractivity contribution in [1.82, 2.24) is 0 Å². The predicted octanol–water partition coefficient (Wildman–Crippen LogP) is 2.44. The van der Waals surface area contributed by atoms with Crippen molar-refractivity contribution in [3.05, 3.63) is 23.8 Å². The second-order valence-electron chi connectivity index (χ2n) is 9.05. The number of carbonyl (C=O) groups is 2. The number of aliphatic hydroxyl groups is 2. The first-order chi connectivity index (χ1) is 11.8. The summed E-state index contributed by atoms with van der Waals surface area (Å²) in [6, 6.07) is 0. The van der Waals surface area contributed by atoms with E-state index in [1.165, 1.54) is 0 Å². The van der Waals surface area contributed by atoms with Gasteiger partial charge in [0.1, 0.15) is 6.61 Å². The first-order valence-corrected chi connectivity index (χ1v) is 9.57. The van der Waals surface area contributed by atoms with Gasteiger partial charge in [0.2, 0.25) is 0 Å². The number of Topliss-reactive ketones (excluding diaryl/α,β-unsaturated/α-hetero) is 1. The summed E-state index contributed by atoms with van der Waals surface area (Å²) < 4.78 is 0. The molecule has 0 aliphatic heterocycles. The highest BCUT2D eigenvalue weighted by atomic mass is 16.3. The van der Waals surface area contributed by atoms with Crippen LogP contribution in [-0.2, 0) is 9.59 Å². The minimum atomic E-state index is -0.482. The number of aliphatic hydroxyl groups excluding tert-OH is 2. The van der Waals surface area contributed by atoms with Gasteiger partial charge in [0, 0.05) is 17.3 Å². The van der Waals surface area contributed by atoms with E-state index in [2.05, 4.69) is 13.8 Å². The summed E-state index contributed by atoms with van der Waals surface area (Å²) in [5.41, 5.74) is 0.688. The van der Waals surface area contributed by atoms with Crippen LogP contribution < -0.4 is 0 Å². The number of allylic oxidation sites excluding steroid dienone is 4. The van der Waals surface area contributed by atoms with Crippen molar-refractivity contribution in [2.45, 2.75) is 52.1 Å². The predicted molar refractivity (Wildman–Crippen MR) is 93.6 cm³/mol. The van der Waals surface area contributed by atoms with E-state index in [9.17, 15) is 19.8 Å². The molecule has 7 atom stereocenters. The number of hydrogen-bond donors (Lipinski definition) is 2. The Morgan fingerprint density at radius 2 is 2.04 bits per heavy atom. The summed E-state index contributed by atoms with van der Waals surface area (Å²) in [4.78, 5) is 24.1. The highest BCUT2D eigenvalue weighted by Crippen LogP contribution is 2.65. The number of rotatable bonds is 2. The standard InChI is InChI=1S/C21H28O4/c1-20-8-7-13(23)9-12(20)3-4-14-15-5-6-16(18(25)11-22)21(15,2)10-17(24)19(14)20/h7-9,14-17,19,22,24H,3-6,10-11H2,1-2H3/t14-,15-,16+,17?,19+,20-,21-/m0/s1. The lowest BCUT2D eigenvalue weighted by molar-refractivity contribution is -0.141. The van der Waals surface area contributed by atoms with Crippen LogP contribution in [0.2, 0.25) is 0 Å². The fourth-order valence-corrected chi connectivity index (χ4v) is 6.96. The molecular formula is C21H28O4. The van der Waals surface area contributed by atoms with E-state index in [0.717, 1.165) is 31.3 Å². The molecule has 0 aromatic carbocycles. The van der Waals surface area contributed by atoms with Gasteiger partial charge in [-0.1, -0.05) is 25.5 Å². The van der Waals surface area contributed by atoms with E-state index in [1.54, 1.807) is 12.2 Å². The lowest BCUT2D eigenvalue weighted by Crippen LogP contribution is -2.56. The van der Waals surface area contributed by atoms with Crippen molar-refractivity contribution >= 4 is 11.6 Å². The monoisotopic (exact) mass is 344 g/mol. The van der Waals surface area contributed by atoms with E-state index in [1.807, 2.05) is 6.08 Å². The number of fused-ring (bicyclic) bond motifs is 5. The zero-order valence-corrected chi connectivity index (χ0v) is 15.1. The molecule has 1 unspecified atom stereocenters. The van der Waals surface area contributed by atoms with Gasteiger partial charge in [-0.3, -0.25) is 9.59 Å². The largest absolute Gasteiger partial charge is 0.393 e. The average Bonchev–Trinajstić information content (AvgIpc) is 2.91. The third kappa shape index (κ3) is 2.26. The lowest BCUT2D eigenvalue weighted by Gasteiger charge is -2.58. The normalized spacial score (nSPS) is 48.4. The summed E-state index contributed by atoms with van der Waals surface area (Å²) in [7, 11) is 0. The minimum Gasteiger partial charge on any atom is -0.393 e. The molecule has 0 aromatic heterocycles. The molecule has 3 saturated carbocycles. The van der Waals surface area contributed by atoms with E-state index >= 15 is 0 Å². The molecule has 4 aliphatic rings. The molecule has 0 spiro atoms. The summed E-state index contributed by atoms with van der Waals surface area (Å²) in [6.07, 6.45) is 9.25. The summed E-state index contributed by atoms with van der Waals surface area (Å²) >= 11 is 0. The highest BCUT2D eigenvalue weighted by molar-refractivity contribution is 6.01. The molecule has 136 valence electrons. The molecule has 4 nitrogen and oxygen atoms in total. The van der Waals surface area contributed by atoms with E-state index in [4.69, 9.17) is 0 Å². The summed E-state index contributed by atoms with van der Waals surface area (Å²) in [5.74, 6) is 0.734. The molecule has 0 heterocycles. The third-order valence-electron chi connectivity index (χ3n) is 8.04.